The summed E-state index contributed by atoms with van der Waals surface area (Å²) in [6, 6.07) is 0. The van der Waals surface area contributed by atoms with E-state index in [1.807, 2.05) is 0 Å². The predicted octanol–water partition coefficient (Wildman–Crippen LogP) is 3.12. The molecular weight excluding hydrogens is 279 g/mol. The van der Waals surface area contributed by atoms with Crippen LogP contribution >= 0.6 is 7.37 Å². The number of hydrogen-bond acceptors (Lipinski definition) is 5. The van der Waals surface area contributed by atoms with Crippen molar-refractivity contribution in [3.05, 3.63) is 0 Å². The van der Waals surface area contributed by atoms with Crippen LogP contribution in [0.2, 0.25) is 0 Å². The molecule has 0 aromatic heterocycles. The minimum Gasteiger partial charge on any atom is -0.396 e. The van der Waals surface area contributed by atoms with E-state index in [1.165, 1.54) is 13.3 Å². The average Bonchev–Trinajstić information content (AvgIpc) is 2.22. The summed E-state index contributed by atoms with van der Waals surface area (Å²) in [4.78, 5) is 0. The first-order valence-corrected chi connectivity index (χ1v) is 8.49. The first-order chi connectivity index (χ1) is 7.89. The SMILES string of the molecule is C.C.C.CP(C)(=O)OC(CCO)(CCCO)CCCO. The summed E-state index contributed by atoms with van der Waals surface area (Å²) < 4.78 is 17.4. The van der Waals surface area contributed by atoms with Crippen molar-refractivity contribution in [3.63, 3.8) is 0 Å². The van der Waals surface area contributed by atoms with E-state index in [9.17, 15) is 4.57 Å². The molecule has 0 radical (unpaired) electrons. The van der Waals surface area contributed by atoms with E-state index in [0.29, 0.717) is 32.1 Å². The Morgan fingerprint density at radius 3 is 1.50 bits per heavy atom. The molecule has 0 fully saturated rings. The molecule has 0 aromatic carbocycles. The molecule has 0 aliphatic carbocycles. The second-order valence-electron chi connectivity index (χ2n) is 4.65. The second kappa shape index (κ2) is 14.0. The number of aliphatic hydroxyl groups is 3. The van der Waals surface area contributed by atoms with Gasteiger partial charge < -0.3 is 19.8 Å². The molecule has 0 saturated heterocycles. The molecule has 0 aliphatic rings. The Kier molecular flexibility index (Phi) is 19.8. The summed E-state index contributed by atoms with van der Waals surface area (Å²) in [5, 5.41) is 26.9. The standard InChI is InChI=1S/C11H25O5P.3CH4/c1-17(2,15)16-11(7-10-14,5-3-8-12)6-4-9-13;;;/h12-14H,3-10H2,1-2H3;3*1H4. The van der Waals surface area contributed by atoms with Gasteiger partial charge in [0.25, 0.3) is 0 Å². The quantitative estimate of drug-likeness (QED) is 0.539. The molecule has 6 heteroatoms. The van der Waals surface area contributed by atoms with E-state index >= 15 is 0 Å². The topological polar surface area (TPSA) is 87.0 Å². The predicted molar refractivity (Wildman–Crippen MR) is 87.8 cm³/mol. The third kappa shape index (κ3) is 13.1. The normalized spacial score (nSPS) is 11.1. The van der Waals surface area contributed by atoms with Gasteiger partial charge in [-0.15, -0.1) is 0 Å². The van der Waals surface area contributed by atoms with Gasteiger partial charge in [-0.3, -0.25) is 4.57 Å². The summed E-state index contributed by atoms with van der Waals surface area (Å²) in [5.74, 6) is 0. The van der Waals surface area contributed by atoms with Gasteiger partial charge in [-0.1, -0.05) is 22.3 Å². The second-order valence-corrected chi connectivity index (χ2v) is 7.34. The van der Waals surface area contributed by atoms with Crippen molar-refractivity contribution in [1.82, 2.24) is 0 Å². The fourth-order valence-electron chi connectivity index (χ4n) is 1.98. The highest BCUT2D eigenvalue weighted by atomic mass is 31.2. The van der Waals surface area contributed by atoms with Gasteiger partial charge in [-0.05, 0) is 32.1 Å². The number of rotatable bonds is 10. The number of aliphatic hydroxyl groups excluding tert-OH is 3. The highest BCUT2D eigenvalue weighted by Gasteiger charge is 2.33. The van der Waals surface area contributed by atoms with E-state index in [0.717, 1.165) is 0 Å². The van der Waals surface area contributed by atoms with Crippen LogP contribution in [0.25, 0.3) is 0 Å². The lowest BCUT2D eigenvalue weighted by Gasteiger charge is -2.35. The van der Waals surface area contributed by atoms with Crippen LogP contribution in [0.5, 0.6) is 0 Å². The van der Waals surface area contributed by atoms with Crippen molar-refractivity contribution in [2.45, 2.75) is 60.0 Å². The average molecular weight is 316 g/mol. The first-order valence-electron chi connectivity index (χ1n) is 5.97. The van der Waals surface area contributed by atoms with Crippen LogP contribution in [0, 0.1) is 0 Å². The fraction of sp³-hybridized carbons (Fsp3) is 1.00. The summed E-state index contributed by atoms with van der Waals surface area (Å²) in [7, 11) is -2.67. The van der Waals surface area contributed by atoms with Crippen molar-refractivity contribution in [3.8, 4) is 0 Å². The van der Waals surface area contributed by atoms with Crippen LogP contribution in [-0.2, 0) is 9.09 Å². The molecule has 128 valence electrons. The van der Waals surface area contributed by atoms with E-state index in [1.54, 1.807) is 0 Å². The van der Waals surface area contributed by atoms with Crippen LogP contribution in [0.1, 0.15) is 54.4 Å². The fourth-order valence-corrected chi connectivity index (χ4v) is 3.19. The van der Waals surface area contributed by atoms with Gasteiger partial charge in [0.05, 0.1) is 5.60 Å². The molecule has 5 nitrogen and oxygen atoms in total. The van der Waals surface area contributed by atoms with Gasteiger partial charge in [-0.2, -0.15) is 0 Å². The minimum absolute atomic E-state index is 0. The van der Waals surface area contributed by atoms with Gasteiger partial charge in [0, 0.05) is 33.2 Å². The van der Waals surface area contributed by atoms with E-state index in [2.05, 4.69) is 0 Å². The molecule has 0 rings (SSSR count). The Morgan fingerprint density at radius 2 is 1.25 bits per heavy atom. The molecule has 3 N–H and O–H groups in total. The zero-order valence-corrected chi connectivity index (χ0v) is 11.7. The van der Waals surface area contributed by atoms with Gasteiger partial charge in [-0.25, -0.2) is 0 Å². The maximum atomic E-state index is 11.8. The molecule has 20 heavy (non-hydrogen) atoms. The molecule has 0 heterocycles. The van der Waals surface area contributed by atoms with Crippen molar-refractivity contribution in [2.24, 2.45) is 0 Å². The van der Waals surface area contributed by atoms with Crippen molar-refractivity contribution in [2.75, 3.05) is 33.2 Å². The molecule has 0 aliphatic heterocycles. The third-order valence-corrected chi connectivity index (χ3v) is 3.39. The van der Waals surface area contributed by atoms with Crippen LogP contribution in [-0.4, -0.2) is 54.1 Å². The monoisotopic (exact) mass is 316 g/mol. The summed E-state index contributed by atoms with van der Waals surface area (Å²) in [6.07, 6.45) is 2.51. The highest BCUT2D eigenvalue weighted by molar-refractivity contribution is 7.57. The molecule has 0 bridgehead atoms. The van der Waals surface area contributed by atoms with E-state index in [-0.39, 0.29) is 42.1 Å². The number of hydrogen-bond donors (Lipinski definition) is 3. The maximum absolute atomic E-state index is 11.8. The Hall–Kier alpha value is 0.0700. The molecule has 0 saturated carbocycles. The Labute approximate surface area is 125 Å². The summed E-state index contributed by atoms with van der Waals surface area (Å²) in [6.45, 7) is 3.09. The Morgan fingerprint density at radius 1 is 0.850 bits per heavy atom. The van der Waals surface area contributed by atoms with Crippen LogP contribution < -0.4 is 0 Å². The van der Waals surface area contributed by atoms with Gasteiger partial charge in [0.1, 0.15) is 0 Å². The van der Waals surface area contributed by atoms with Crippen LogP contribution in [0.3, 0.4) is 0 Å². The van der Waals surface area contributed by atoms with Gasteiger partial charge >= 0.3 is 0 Å². The molecular formula is C14H37O5P. The third-order valence-electron chi connectivity index (χ3n) is 2.56. The minimum atomic E-state index is -2.67. The largest absolute Gasteiger partial charge is 0.396 e. The molecule has 0 unspecified atom stereocenters. The zero-order valence-electron chi connectivity index (χ0n) is 10.8. The highest BCUT2D eigenvalue weighted by Crippen LogP contribution is 2.47. The Balaban J connectivity index is -0.000000427. The summed E-state index contributed by atoms with van der Waals surface area (Å²) >= 11 is 0. The zero-order chi connectivity index (χ0) is 13.4. The van der Waals surface area contributed by atoms with Crippen LogP contribution in [0.4, 0.5) is 0 Å². The lowest BCUT2D eigenvalue weighted by Crippen LogP contribution is -2.33. The maximum Gasteiger partial charge on any atom is 0.197 e. The van der Waals surface area contributed by atoms with Crippen molar-refractivity contribution < 1.29 is 24.4 Å². The van der Waals surface area contributed by atoms with Gasteiger partial charge in [0.15, 0.2) is 7.37 Å². The first kappa shape index (κ1) is 28.3. The van der Waals surface area contributed by atoms with Crippen molar-refractivity contribution in [1.29, 1.82) is 0 Å². The lowest BCUT2D eigenvalue weighted by molar-refractivity contribution is 0.0182. The molecule has 0 aromatic rings. The summed E-state index contributed by atoms with van der Waals surface area (Å²) in [5.41, 5.74) is -0.695. The van der Waals surface area contributed by atoms with Gasteiger partial charge in [0.2, 0.25) is 0 Å². The van der Waals surface area contributed by atoms with Crippen molar-refractivity contribution >= 4 is 7.37 Å². The molecule has 0 amide bonds. The molecule has 0 spiro atoms. The lowest BCUT2D eigenvalue weighted by atomic mass is 9.89. The van der Waals surface area contributed by atoms with Crippen LogP contribution in [0.15, 0.2) is 0 Å². The smallest absolute Gasteiger partial charge is 0.197 e. The Bertz CT molecular complexity index is 232. The molecule has 0 atom stereocenters. The van der Waals surface area contributed by atoms with E-state index < -0.39 is 13.0 Å². The van der Waals surface area contributed by atoms with E-state index in [4.69, 9.17) is 19.8 Å².